The van der Waals surface area contributed by atoms with Gasteiger partial charge in [0.15, 0.2) is 0 Å². The van der Waals surface area contributed by atoms with E-state index in [2.05, 4.69) is 16.8 Å². The van der Waals surface area contributed by atoms with Crippen LogP contribution < -0.4 is 0 Å². The molecule has 22 heavy (non-hydrogen) atoms. The average molecular weight is 319 g/mol. The molecular weight excluding hydrogens is 294 g/mol. The molecule has 2 aliphatic rings. The van der Waals surface area contributed by atoms with E-state index in [1.54, 1.807) is 11.8 Å². The molecule has 1 atom stereocenters. The van der Waals surface area contributed by atoms with Crippen LogP contribution in [0, 0.1) is 0 Å². The Morgan fingerprint density at radius 3 is 2.59 bits per heavy atom. The number of carbonyl (C=O) groups excluding carboxylic acids is 1. The first kappa shape index (κ1) is 15.8. The molecular formula is C17H25N3OS. The summed E-state index contributed by atoms with van der Waals surface area (Å²) in [5.74, 6) is 0.196. The average Bonchev–Trinajstić information content (AvgIpc) is 3.05. The minimum Gasteiger partial charge on any atom is -0.337 e. The summed E-state index contributed by atoms with van der Waals surface area (Å²) in [5, 5.41) is 0. The summed E-state index contributed by atoms with van der Waals surface area (Å²) in [6, 6.07) is 8.49. The predicted molar refractivity (Wildman–Crippen MR) is 91.6 cm³/mol. The van der Waals surface area contributed by atoms with Crippen LogP contribution in [0.15, 0.2) is 29.2 Å². The predicted octanol–water partition coefficient (Wildman–Crippen LogP) is 1.87. The Kier molecular flexibility index (Phi) is 5.06. The summed E-state index contributed by atoms with van der Waals surface area (Å²) in [7, 11) is 2.18. The molecule has 2 saturated heterocycles. The van der Waals surface area contributed by atoms with E-state index in [1.165, 1.54) is 0 Å². The Morgan fingerprint density at radius 1 is 1.14 bits per heavy atom. The van der Waals surface area contributed by atoms with Gasteiger partial charge in [0.25, 0.3) is 5.91 Å². The normalized spacial score (nSPS) is 23.9. The smallest absolute Gasteiger partial charge is 0.255 e. The molecule has 0 N–H and O–H groups in total. The van der Waals surface area contributed by atoms with Gasteiger partial charge in [0.2, 0.25) is 0 Å². The summed E-state index contributed by atoms with van der Waals surface area (Å²) < 4.78 is 0. The van der Waals surface area contributed by atoms with Gasteiger partial charge in [-0.1, -0.05) is 12.1 Å². The van der Waals surface area contributed by atoms with E-state index < -0.39 is 0 Å². The zero-order valence-electron chi connectivity index (χ0n) is 13.5. The van der Waals surface area contributed by atoms with E-state index in [1.807, 2.05) is 35.4 Å². The zero-order chi connectivity index (χ0) is 15.5. The van der Waals surface area contributed by atoms with E-state index in [0.29, 0.717) is 6.04 Å². The molecule has 0 saturated carbocycles. The van der Waals surface area contributed by atoms with Gasteiger partial charge in [-0.3, -0.25) is 9.69 Å². The minimum absolute atomic E-state index is 0.196. The van der Waals surface area contributed by atoms with Crippen LogP contribution in [0.3, 0.4) is 0 Å². The SMILES string of the molecule is CSc1ccccc1C(=O)N1CC[C@@H](N2CCN(C)CC2)C1. The molecule has 0 spiro atoms. The van der Waals surface area contributed by atoms with E-state index in [9.17, 15) is 4.79 Å². The fourth-order valence-corrected chi connectivity index (χ4v) is 3.99. The number of likely N-dealkylation sites (N-methyl/N-ethyl adjacent to an activating group) is 1. The van der Waals surface area contributed by atoms with Crippen molar-refractivity contribution >= 4 is 17.7 Å². The second-order valence-electron chi connectivity index (χ2n) is 6.23. The minimum atomic E-state index is 0.196. The third kappa shape index (κ3) is 3.31. The summed E-state index contributed by atoms with van der Waals surface area (Å²) in [6.07, 6.45) is 3.14. The molecule has 1 aromatic carbocycles. The maximum Gasteiger partial charge on any atom is 0.255 e. The first-order valence-corrected chi connectivity index (χ1v) is 9.26. The number of hydrogen-bond acceptors (Lipinski definition) is 4. The first-order chi connectivity index (χ1) is 10.7. The van der Waals surface area contributed by atoms with Crippen LogP contribution >= 0.6 is 11.8 Å². The van der Waals surface area contributed by atoms with Gasteiger partial charge in [-0.25, -0.2) is 0 Å². The van der Waals surface area contributed by atoms with Gasteiger partial charge in [-0.15, -0.1) is 11.8 Å². The molecule has 1 aromatic rings. The summed E-state index contributed by atoms with van der Waals surface area (Å²) >= 11 is 1.65. The van der Waals surface area contributed by atoms with E-state index in [-0.39, 0.29) is 5.91 Å². The van der Waals surface area contributed by atoms with Crippen LogP contribution in [0.1, 0.15) is 16.8 Å². The lowest BCUT2D eigenvalue weighted by Crippen LogP contribution is -2.50. The van der Waals surface area contributed by atoms with Gasteiger partial charge in [0.1, 0.15) is 0 Å². The molecule has 0 unspecified atom stereocenters. The fourth-order valence-electron chi connectivity index (χ4n) is 3.40. The topological polar surface area (TPSA) is 26.8 Å². The summed E-state index contributed by atoms with van der Waals surface area (Å²) in [4.78, 5) is 20.9. The van der Waals surface area contributed by atoms with Crippen molar-refractivity contribution in [1.29, 1.82) is 0 Å². The van der Waals surface area contributed by atoms with Crippen molar-refractivity contribution in [2.45, 2.75) is 17.4 Å². The monoisotopic (exact) mass is 319 g/mol. The molecule has 2 heterocycles. The van der Waals surface area contributed by atoms with Crippen LogP contribution in [-0.2, 0) is 0 Å². The molecule has 0 radical (unpaired) electrons. The maximum absolute atomic E-state index is 12.8. The molecule has 0 aromatic heterocycles. The van der Waals surface area contributed by atoms with Crippen molar-refractivity contribution in [2.75, 3.05) is 52.6 Å². The third-order valence-corrected chi connectivity index (χ3v) is 5.64. The number of nitrogens with zero attached hydrogens (tertiary/aromatic N) is 3. The molecule has 120 valence electrons. The lowest BCUT2D eigenvalue weighted by molar-refractivity contribution is 0.0752. The number of thioether (sulfide) groups is 1. The highest BCUT2D eigenvalue weighted by atomic mass is 32.2. The van der Waals surface area contributed by atoms with Gasteiger partial charge < -0.3 is 9.80 Å². The van der Waals surface area contributed by atoms with Crippen LogP contribution in [0.5, 0.6) is 0 Å². The molecule has 0 aliphatic carbocycles. The first-order valence-electron chi connectivity index (χ1n) is 8.04. The quantitative estimate of drug-likeness (QED) is 0.795. The lowest BCUT2D eigenvalue weighted by atomic mass is 10.2. The van der Waals surface area contributed by atoms with Crippen LogP contribution in [0.25, 0.3) is 0 Å². The Hall–Kier alpha value is -1.04. The van der Waals surface area contributed by atoms with Crippen molar-refractivity contribution in [3.05, 3.63) is 29.8 Å². The standard InChI is InChI=1S/C17H25N3OS/c1-18-9-11-19(12-10-18)14-7-8-20(13-14)17(21)15-5-3-4-6-16(15)22-2/h3-6,14H,7-13H2,1-2H3/t14-/m1/s1. The van der Waals surface area contributed by atoms with E-state index in [0.717, 1.165) is 56.1 Å². The third-order valence-electron chi connectivity index (χ3n) is 4.84. The van der Waals surface area contributed by atoms with Gasteiger partial charge in [-0.2, -0.15) is 0 Å². The number of hydrogen-bond donors (Lipinski definition) is 0. The number of benzene rings is 1. The highest BCUT2D eigenvalue weighted by Gasteiger charge is 2.32. The van der Waals surface area contributed by atoms with Crippen molar-refractivity contribution in [1.82, 2.24) is 14.7 Å². The molecule has 1 amide bonds. The van der Waals surface area contributed by atoms with E-state index in [4.69, 9.17) is 0 Å². The van der Waals surface area contributed by atoms with Crippen molar-refractivity contribution < 1.29 is 4.79 Å². The summed E-state index contributed by atoms with van der Waals surface area (Å²) in [6.45, 7) is 6.30. The molecule has 2 aliphatic heterocycles. The fraction of sp³-hybridized carbons (Fsp3) is 0.588. The lowest BCUT2D eigenvalue weighted by Gasteiger charge is -2.36. The Labute approximate surface area is 137 Å². The molecule has 0 bridgehead atoms. The number of piperazine rings is 1. The number of rotatable bonds is 3. The molecule has 4 nitrogen and oxygen atoms in total. The van der Waals surface area contributed by atoms with Gasteiger partial charge in [0, 0.05) is 50.2 Å². The maximum atomic E-state index is 12.8. The van der Waals surface area contributed by atoms with Crippen LogP contribution in [0.4, 0.5) is 0 Å². The number of likely N-dealkylation sites (tertiary alicyclic amines) is 1. The number of carbonyl (C=O) groups is 1. The van der Waals surface area contributed by atoms with Crippen LogP contribution in [-0.4, -0.2) is 79.2 Å². The molecule has 3 rings (SSSR count). The zero-order valence-corrected chi connectivity index (χ0v) is 14.3. The van der Waals surface area contributed by atoms with Crippen molar-refractivity contribution in [3.63, 3.8) is 0 Å². The molecule has 2 fully saturated rings. The Balaban J connectivity index is 1.63. The Bertz CT molecular complexity index is 528. The van der Waals surface area contributed by atoms with E-state index >= 15 is 0 Å². The van der Waals surface area contributed by atoms with Gasteiger partial charge in [-0.05, 0) is 31.9 Å². The second kappa shape index (κ2) is 7.02. The highest BCUT2D eigenvalue weighted by molar-refractivity contribution is 7.98. The van der Waals surface area contributed by atoms with Gasteiger partial charge >= 0.3 is 0 Å². The highest BCUT2D eigenvalue weighted by Crippen LogP contribution is 2.24. The largest absolute Gasteiger partial charge is 0.337 e. The number of amides is 1. The van der Waals surface area contributed by atoms with Gasteiger partial charge in [0.05, 0.1) is 5.56 Å². The second-order valence-corrected chi connectivity index (χ2v) is 7.08. The Morgan fingerprint density at radius 2 is 1.86 bits per heavy atom. The van der Waals surface area contributed by atoms with Crippen LogP contribution in [0.2, 0.25) is 0 Å². The van der Waals surface area contributed by atoms with Crippen molar-refractivity contribution in [3.8, 4) is 0 Å². The molecule has 5 heteroatoms. The van der Waals surface area contributed by atoms with Crippen molar-refractivity contribution in [2.24, 2.45) is 0 Å². The summed E-state index contributed by atoms with van der Waals surface area (Å²) in [5.41, 5.74) is 0.856.